The second kappa shape index (κ2) is 8.82. The Morgan fingerprint density at radius 3 is 2.62 bits per heavy atom. The molecule has 1 aromatic carbocycles. The molecule has 4 rings (SSSR count). The minimum absolute atomic E-state index is 0.0357. The van der Waals surface area contributed by atoms with Gasteiger partial charge in [0.05, 0.1) is 12.2 Å². The number of rotatable bonds is 5. The second-order valence-electron chi connectivity index (χ2n) is 7.21. The first-order valence-electron chi connectivity index (χ1n) is 10.1. The van der Waals surface area contributed by atoms with Crippen LogP contribution in [0.25, 0.3) is 0 Å². The van der Waals surface area contributed by atoms with E-state index in [1.54, 1.807) is 23.6 Å². The lowest BCUT2D eigenvalue weighted by atomic mass is 10.1. The van der Waals surface area contributed by atoms with Crippen LogP contribution in [0.4, 0.5) is 5.13 Å². The minimum Gasteiger partial charge on any atom is -0.493 e. The minimum atomic E-state index is -0.137. The Hall–Kier alpha value is -2.61. The molecule has 2 amide bonds. The predicted octanol–water partition coefficient (Wildman–Crippen LogP) is 2.50. The van der Waals surface area contributed by atoms with Crippen molar-refractivity contribution in [2.24, 2.45) is 0 Å². The fourth-order valence-electron chi connectivity index (χ4n) is 4.05. The molecule has 1 aromatic heterocycles. The first-order valence-corrected chi connectivity index (χ1v) is 11.0. The maximum absolute atomic E-state index is 13.1. The number of piperazine rings is 1. The molecule has 3 heterocycles. The lowest BCUT2D eigenvalue weighted by molar-refractivity contribution is -0.133. The Morgan fingerprint density at radius 2 is 1.90 bits per heavy atom. The van der Waals surface area contributed by atoms with Gasteiger partial charge in [-0.05, 0) is 31.9 Å². The third-order valence-electron chi connectivity index (χ3n) is 5.50. The molecule has 2 saturated heterocycles. The van der Waals surface area contributed by atoms with Gasteiger partial charge in [0.15, 0.2) is 5.13 Å². The van der Waals surface area contributed by atoms with Gasteiger partial charge in [-0.15, -0.1) is 11.3 Å². The molecule has 0 radical (unpaired) electrons. The Morgan fingerprint density at radius 1 is 1.14 bits per heavy atom. The number of aromatic nitrogens is 1. The summed E-state index contributed by atoms with van der Waals surface area (Å²) in [5.41, 5.74) is 0.583. The van der Waals surface area contributed by atoms with Crippen LogP contribution in [0.3, 0.4) is 0 Å². The fourth-order valence-corrected chi connectivity index (χ4v) is 4.76. The number of benzene rings is 1. The van der Waals surface area contributed by atoms with Crippen molar-refractivity contribution >= 4 is 28.3 Å². The maximum Gasteiger partial charge on any atom is 0.257 e. The number of anilines is 1. The summed E-state index contributed by atoms with van der Waals surface area (Å²) in [6.45, 7) is 5.49. The maximum atomic E-state index is 13.1. The highest BCUT2D eigenvalue weighted by Crippen LogP contribution is 2.28. The van der Waals surface area contributed by atoms with Crippen LogP contribution in [-0.2, 0) is 4.79 Å². The average molecular weight is 415 g/mol. The standard InChI is InChI=1S/C21H26N4O3S/c1-2-28-18-8-4-3-6-16(18)19(26)23-11-13-24(14-12-23)20(27)17-7-5-10-25(17)21-22-9-15-29-21/h3-4,6,8-9,15,17H,2,5,7,10-14H2,1H3. The highest BCUT2D eigenvalue weighted by molar-refractivity contribution is 7.13. The van der Waals surface area contributed by atoms with E-state index in [0.717, 1.165) is 24.5 Å². The molecule has 2 aliphatic rings. The van der Waals surface area contributed by atoms with Gasteiger partial charge in [0.2, 0.25) is 5.91 Å². The lowest BCUT2D eigenvalue weighted by Crippen LogP contribution is -2.54. The molecule has 8 heteroatoms. The van der Waals surface area contributed by atoms with Crippen LogP contribution >= 0.6 is 11.3 Å². The zero-order chi connectivity index (χ0) is 20.2. The number of ether oxygens (including phenoxy) is 1. The third kappa shape index (κ3) is 4.07. The average Bonchev–Trinajstić information content (AvgIpc) is 3.45. The molecule has 1 atom stereocenters. The number of hydrogen-bond donors (Lipinski definition) is 0. The molecule has 2 aromatic rings. The van der Waals surface area contributed by atoms with E-state index in [0.29, 0.717) is 44.1 Å². The molecule has 0 saturated carbocycles. The SMILES string of the molecule is CCOc1ccccc1C(=O)N1CCN(C(=O)C2CCCN2c2nccs2)CC1. The molecule has 1 unspecified atom stereocenters. The molecule has 0 aliphatic carbocycles. The third-order valence-corrected chi connectivity index (χ3v) is 6.31. The number of nitrogens with zero attached hydrogens (tertiary/aromatic N) is 4. The van der Waals surface area contributed by atoms with Gasteiger partial charge in [-0.2, -0.15) is 0 Å². The summed E-state index contributed by atoms with van der Waals surface area (Å²) >= 11 is 1.57. The number of amides is 2. The zero-order valence-electron chi connectivity index (χ0n) is 16.6. The molecule has 2 fully saturated rings. The summed E-state index contributed by atoms with van der Waals surface area (Å²) in [4.78, 5) is 36.3. The quantitative estimate of drug-likeness (QED) is 0.752. The van der Waals surface area contributed by atoms with E-state index in [1.165, 1.54) is 0 Å². The largest absolute Gasteiger partial charge is 0.493 e. The van der Waals surface area contributed by atoms with Gasteiger partial charge in [-0.3, -0.25) is 9.59 Å². The molecular weight excluding hydrogens is 388 g/mol. The number of carbonyl (C=O) groups excluding carboxylic acids is 2. The first-order chi connectivity index (χ1) is 14.2. The van der Waals surface area contributed by atoms with Crippen LogP contribution in [0.5, 0.6) is 5.75 Å². The van der Waals surface area contributed by atoms with Crippen LogP contribution in [0.2, 0.25) is 0 Å². The van der Waals surface area contributed by atoms with E-state index in [2.05, 4.69) is 9.88 Å². The van der Waals surface area contributed by atoms with E-state index in [1.807, 2.05) is 40.3 Å². The summed E-state index contributed by atoms with van der Waals surface area (Å²) in [7, 11) is 0. The van der Waals surface area contributed by atoms with Crippen LogP contribution in [0.1, 0.15) is 30.1 Å². The topological polar surface area (TPSA) is 66.0 Å². The van der Waals surface area contributed by atoms with Crippen molar-refractivity contribution < 1.29 is 14.3 Å². The monoisotopic (exact) mass is 414 g/mol. The first kappa shape index (κ1) is 19.7. The summed E-state index contributed by atoms with van der Waals surface area (Å²) in [5, 5.41) is 2.86. The molecule has 0 bridgehead atoms. The molecular formula is C21H26N4O3S. The smallest absolute Gasteiger partial charge is 0.257 e. The van der Waals surface area contributed by atoms with Crippen molar-refractivity contribution in [1.29, 1.82) is 0 Å². The normalized spacial score (nSPS) is 19.5. The number of thiazole rings is 1. The van der Waals surface area contributed by atoms with Gasteiger partial charge in [0.25, 0.3) is 5.91 Å². The van der Waals surface area contributed by atoms with Gasteiger partial charge < -0.3 is 19.4 Å². The summed E-state index contributed by atoms with van der Waals surface area (Å²) in [6, 6.07) is 7.21. The highest BCUT2D eigenvalue weighted by atomic mass is 32.1. The van der Waals surface area contributed by atoms with Crippen LogP contribution in [0, 0.1) is 0 Å². The molecule has 7 nitrogen and oxygen atoms in total. The summed E-state index contributed by atoms with van der Waals surface area (Å²) in [6.07, 6.45) is 3.65. The van der Waals surface area contributed by atoms with Gasteiger partial charge in [-0.1, -0.05) is 12.1 Å². The van der Waals surface area contributed by atoms with Crippen molar-refractivity contribution in [1.82, 2.24) is 14.8 Å². The highest BCUT2D eigenvalue weighted by Gasteiger charge is 2.36. The Bertz CT molecular complexity index is 849. The molecule has 0 N–H and O–H groups in total. The van der Waals surface area contributed by atoms with Crippen molar-refractivity contribution in [2.75, 3.05) is 44.2 Å². The predicted molar refractivity (Wildman–Crippen MR) is 113 cm³/mol. The van der Waals surface area contributed by atoms with E-state index in [4.69, 9.17) is 4.74 Å². The molecule has 0 spiro atoms. The zero-order valence-corrected chi connectivity index (χ0v) is 17.4. The Labute approximate surface area is 174 Å². The number of carbonyl (C=O) groups is 2. The van der Waals surface area contributed by atoms with Crippen molar-refractivity contribution in [3.8, 4) is 5.75 Å². The number of para-hydroxylation sites is 1. The van der Waals surface area contributed by atoms with Gasteiger partial charge >= 0.3 is 0 Å². The second-order valence-corrected chi connectivity index (χ2v) is 8.09. The van der Waals surface area contributed by atoms with Gasteiger partial charge in [0, 0.05) is 44.3 Å². The molecule has 2 aliphatic heterocycles. The lowest BCUT2D eigenvalue weighted by Gasteiger charge is -2.37. The summed E-state index contributed by atoms with van der Waals surface area (Å²) < 4.78 is 5.60. The molecule has 29 heavy (non-hydrogen) atoms. The Kier molecular flexibility index (Phi) is 5.99. The fraction of sp³-hybridized carbons (Fsp3) is 0.476. The van der Waals surface area contributed by atoms with Crippen LogP contribution in [0.15, 0.2) is 35.8 Å². The van der Waals surface area contributed by atoms with E-state index >= 15 is 0 Å². The van der Waals surface area contributed by atoms with Crippen molar-refractivity contribution in [3.05, 3.63) is 41.4 Å². The number of hydrogen-bond acceptors (Lipinski definition) is 6. The van der Waals surface area contributed by atoms with Crippen molar-refractivity contribution in [3.63, 3.8) is 0 Å². The van der Waals surface area contributed by atoms with E-state index in [9.17, 15) is 9.59 Å². The van der Waals surface area contributed by atoms with Crippen molar-refractivity contribution in [2.45, 2.75) is 25.8 Å². The van der Waals surface area contributed by atoms with Gasteiger partial charge in [-0.25, -0.2) is 4.98 Å². The summed E-state index contributed by atoms with van der Waals surface area (Å²) in [5.74, 6) is 0.731. The van der Waals surface area contributed by atoms with Crippen LogP contribution in [-0.4, -0.2) is 72.0 Å². The van der Waals surface area contributed by atoms with E-state index < -0.39 is 0 Å². The van der Waals surface area contributed by atoms with Gasteiger partial charge in [0.1, 0.15) is 11.8 Å². The Balaban J connectivity index is 1.38. The van der Waals surface area contributed by atoms with Crippen LogP contribution < -0.4 is 9.64 Å². The van der Waals surface area contributed by atoms with E-state index in [-0.39, 0.29) is 17.9 Å². The molecule has 154 valence electrons.